The molecule has 1 aromatic heterocycles. The van der Waals surface area contributed by atoms with Crippen LogP contribution in [-0.4, -0.2) is 11.8 Å². The van der Waals surface area contributed by atoms with Crippen LogP contribution >= 0.6 is 38.9 Å². The van der Waals surface area contributed by atoms with Crippen molar-refractivity contribution in [3.05, 3.63) is 85.7 Å². The van der Waals surface area contributed by atoms with Crippen LogP contribution < -0.4 is 10.6 Å². The van der Waals surface area contributed by atoms with Crippen molar-refractivity contribution in [1.29, 1.82) is 0 Å². The zero-order valence-electron chi connectivity index (χ0n) is 15.6. The van der Waals surface area contributed by atoms with Crippen molar-refractivity contribution in [3.63, 3.8) is 0 Å². The molecule has 0 unspecified atom stereocenters. The standard InChI is InChI=1S/C22H18BrClN2O2S/c1-13-12-18(25-20(27)16-4-2-3-5-17(16)24)29-19(13)21(28)26-22(10-11-22)14-6-8-15(23)9-7-14/h2-9,12H,10-11H2,1H3,(H,25,27)(H,26,28). The zero-order chi connectivity index (χ0) is 20.6. The highest BCUT2D eigenvalue weighted by Gasteiger charge is 2.46. The molecule has 1 fully saturated rings. The van der Waals surface area contributed by atoms with Crippen LogP contribution in [0.3, 0.4) is 0 Å². The van der Waals surface area contributed by atoms with Crippen molar-refractivity contribution < 1.29 is 9.59 Å². The van der Waals surface area contributed by atoms with Crippen molar-refractivity contribution in [2.24, 2.45) is 0 Å². The van der Waals surface area contributed by atoms with Gasteiger partial charge in [0.05, 0.1) is 26.0 Å². The van der Waals surface area contributed by atoms with Crippen molar-refractivity contribution in [1.82, 2.24) is 5.32 Å². The maximum atomic E-state index is 12.9. The van der Waals surface area contributed by atoms with Gasteiger partial charge in [0.25, 0.3) is 11.8 Å². The Morgan fingerprint density at radius 2 is 1.76 bits per heavy atom. The van der Waals surface area contributed by atoms with Crippen LogP contribution in [0.1, 0.15) is 44.0 Å². The summed E-state index contributed by atoms with van der Waals surface area (Å²) in [5.41, 5.74) is 2.04. The summed E-state index contributed by atoms with van der Waals surface area (Å²) in [6, 6.07) is 16.7. The van der Waals surface area contributed by atoms with Gasteiger partial charge in [0.1, 0.15) is 0 Å². The van der Waals surface area contributed by atoms with Crippen molar-refractivity contribution in [2.45, 2.75) is 25.3 Å². The Balaban J connectivity index is 1.49. The van der Waals surface area contributed by atoms with Crippen LogP contribution in [0.25, 0.3) is 0 Å². The van der Waals surface area contributed by atoms with Crippen LogP contribution in [0.5, 0.6) is 0 Å². The first-order valence-electron chi connectivity index (χ1n) is 9.13. The summed E-state index contributed by atoms with van der Waals surface area (Å²) >= 11 is 10.8. The molecule has 0 radical (unpaired) electrons. The average molecular weight is 490 g/mol. The lowest BCUT2D eigenvalue weighted by Crippen LogP contribution is -2.34. The number of anilines is 1. The highest BCUT2D eigenvalue weighted by Crippen LogP contribution is 2.46. The average Bonchev–Trinajstić information content (AvgIpc) is 3.37. The van der Waals surface area contributed by atoms with Crippen LogP contribution in [0.2, 0.25) is 5.02 Å². The largest absolute Gasteiger partial charge is 0.342 e. The number of nitrogens with one attached hydrogen (secondary N) is 2. The Hall–Kier alpha value is -2.15. The van der Waals surface area contributed by atoms with E-state index in [4.69, 9.17) is 11.6 Å². The number of carbonyl (C=O) groups is 2. The van der Waals surface area contributed by atoms with Gasteiger partial charge in [-0.2, -0.15) is 0 Å². The Morgan fingerprint density at radius 1 is 1.07 bits per heavy atom. The lowest BCUT2D eigenvalue weighted by Gasteiger charge is -2.18. The van der Waals surface area contributed by atoms with Crippen LogP contribution in [0, 0.1) is 6.92 Å². The molecule has 4 rings (SSSR count). The summed E-state index contributed by atoms with van der Waals surface area (Å²) in [4.78, 5) is 26.0. The first-order valence-corrected chi connectivity index (χ1v) is 11.1. The van der Waals surface area contributed by atoms with E-state index in [-0.39, 0.29) is 17.4 Å². The first-order chi connectivity index (χ1) is 13.9. The molecule has 1 aliphatic rings. The fourth-order valence-corrected chi connectivity index (χ4v) is 4.70. The quantitative estimate of drug-likeness (QED) is 0.452. The molecular formula is C22H18BrClN2O2S. The van der Waals surface area contributed by atoms with Gasteiger partial charge in [-0.25, -0.2) is 0 Å². The molecule has 0 aliphatic heterocycles. The lowest BCUT2D eigenvalue weighted by atomic mass is 10.0. The van der Waals surface area contributed by atoms with E-state index in [0.29, 0.717) is 20.5 Å². The van der Waals surface area contributed by atoms with E-state index in [0.717, 1.165) is 28.4 Å². The highest BCUT2D eigenvalue weighted by molar-refractivity contribution is 9.10. The molecule has 2 amide bonds. The number of aryl methyl sites for hydroxylation is 1. The molecule has 0 atom stereocenters. The molecule has 148 valence electrons. The molecule has 1 aliphatic carbocycles. The fraction of sp³-hybridized carbons (Fsp3) is 0.182. The highest BCUT2D eigenvalue weighted by atomic mass is 79.9. The van der Waals surface area contributed by atoms with Gasteiger partial charge in [-0.3, -0.25) is 9.59 Å². The fourth-order valence-electron chi connectivity index (χ4n) is 3.25. The Labute approximate surface area is 186 Å². The number of thiophene rings is 1. The second-order valence-electron chi connectivity index (χ2n) is 7.10. The molecule has 1 heterocycles. The predicted octanol–water partition coefficient (Wildman–Crippen LogP) is 6.14. The van der Waals surface area contributed by atoms with Crippen LogP contribution in [0.4, 0.5) is 5.00 Å². The topological polar surface area (TPSA) is 58.2 Å². The summed E-state index contributed by atoms with van der Waals surface area (Å²) in [5.74, 6) is -0.413. The maximum absolute atomic E-state index is 12.9. The SMILES string of the molecule is Cc1cc(NC(=O)c2ccccc2Cl)sc1C(=O)NC1(c2ccc(Br)cc2)CC1. The van der Waals surface area contributed by atoms with Gasteiger partial charge in [0.15, 0.2) is 0 Å². The van der Waals surface area contributed by atoms with E-state index in [1.165, 1.54) is 11.3 Å². The van der Waals surface area contributed by atoms with Gasteiger partial charge >= 0.3 is 0 Å². The molecule has 1 saturated carbocycles. The minimum atomic E-state index is -0.296. The summed E-state index contributed by atoms with van der Waals surface area (Å²) in [6.45, 7) is 1.87. The molecule has 29 heavy (non-hydrogen) atoms. The molecule has 7 heteroatoms. The van der Waals surface area contributed by atoms with Gasteiger partial charge in [-0.05, 0) is 61.2 Å². The van der Waals surface area contributed by atoms with Crippen molar-refractivity contribution in [3.8, 4) is 0 Å². The minimum absolute atomic E-state index is 0.119. The van der Waals surface area contributed by atoms with E-state index < -0.39 is 0 Å². The first kappa shape index (κ1) is 20.1. The molecule has 2 N–H and O–H groups in total. The summed E-state index contributed by atoms with van der Waals surface area (Å²) in [5, 5.41) is 7.04. The molecule has 3 aromatic rings. The third-order valence-corrected chi connectivity index (χ3v) is 6.99. The van der Waals surface area contributed by atoms with E-state index >= 15 is 0 Å². The molecule has 0 saturated heterocycles. The minimum Gasteiger partial charge on any atom is -0.342 e. The number of benzene rings is 2. The smallest absolute Gasteiger partial charge is 0.262 e. The van der Waals surface area contributed by atoms with Crippen LogP contribution in [-0.2, 0) is 5.54 Å². The molecule has 2 aromatic carbocycles. The molecule has 0 bridgehead atoms. The van der Waals surface area contributed by atoms with Gasteiger partial charge in [0.2, 0.25) is 0 Å². The van der Waals surface area contributed by atoms with Gasteiger partial charge in [0, 0.05) is 4.47 Å². The lowest BCUT2D eigenvalue weighted by molar-refractivity contribution is 0.0933. The number of hydrogen-bond donors (Lipinski definition) is 2. The summed E-state index contributed by atoms with van der Waals surface area (Å²) < 4.78 is 1.01. The number of halogens is 2. The zero-order valence-corrected chi connectivity index (χ0v) is 18.7. The normalized spacial score (nSPS) is 14.3. The Kier molecular flexibility index (Phi) is 5.51. The number of amides is 2. The van der Waals surface area contributed by atoms with E-state index in [1.807, 2.05) is 37.3 Å². The van der Waals surface area contributed by atoms with Gasteiger partial charge < -0.3 is 10.6 Å². The Bertz CT molecular complexity index is 1090. The number of rotatable bonds is 5. The third kappa shape index (κ3) is 4.25. The van der Waals surface area contributed by atoms with Gasteiger partial charge in [-0.1, -0.05) is 51.8 Å². The van der Waals surface area contributed by atoms with Crippen molar-refractivity contribution in [2.75, 3.05) is 5.32 Å². The van der Waals surface area contributed by atoms with Crippen molar-refractivity contribution >= 4 is 55.7 Å². The second kappa shape index (κ2) is 7.94. The maximum Gasteiger partial charge on any atom is 0.262 e. The van der Waals surface area contributed by atoms with Gasteiger partial charge in [-0.15, -0.1) is 11.3 Å². The molecule has 0 spiro atoms. The van der Waals surface area contributed by atoms with E-state index in [9.17, 15) is 9.59 Å². The molecular weight excluding hydrogens is 472 g/mol. The second-order valence-corrected chi connectivity index (χ2v) is 9.47. The van der Waals surface area contributed by atoms with E-state index in [2.05, 4.69) is 26.6 Å². The molecule has 4 nitrogen and oxygen atoms in total. The van der Waals surface area contributed by atoms with Crippen LogP contribution in [0.15, 0.2) is 59.1 Å². The predicted molar refractivity (Wildman–Crippen MR) is 121 cm³/mol. The summed E-state index contributed by atoms with van der Waals surface area (Å²) in [7, 11) is 0. The third-order valence-electron chi connectivity index (χ3n) is 4.98. The van der Waals surface area contributed by atoms with E-state index in [1.54, 1.807) is 24.3 Å². The Morgan fingerprint density at radius 3 is 2.41 bits per heavy atom. The monoisotopic (exact) mass is 488 g/mol. The number of carbonyl (C=O) groups excluding carboxylic acids is 2. The summed E-state index contributed by atoms with van der Waals surface area (Å²) in [6.07, 6.45) is 1.84. The number of hydrogen-bond acceptors (Lipinski definition) is 3.